The molecule has 0 aliphatic carbocycles. The van der Waals surface area contributed by atoms with E-state index in [0.29, 0.717) is 11.5 Å². The highest BCUT2D eigenvalue weighted by atomic mass is 16.2. The van der Waals surface area contributed by atoms with E-state index in [1.54, 1.807) is 18.0 Å². The fourth-order valence-corrected chi connectivity index (χ4v) is 2.92. The Labute approximate surface area is 160 Å². The summed E-state index contributed by atoms with van der Waals surface area (Å²) < 4.78 is 0. The molecule has 0 unspecified atom stereocenters. The Morgan fingerprint density at radius 2 is 1.59 bits per heavy atom. The first kappa shape index (κ1) is 18.6. The lowest BCUT2D eigenvalue weighted by molar-refractivity contribution is 0.0988. The van der Waals surface area contributed by atoms with Gasteiger partial charge in [0.25, 0.3) is 5.91 Å². The molecule has 5 heteroatoms. The summed E-state index contributed by atoms with van der Waals surface area (Å²) in [5, 5.41) is 0. The predicted octanol–water partition coefficient (Wildman–Crippen LogP) is 4.09. The van der Waals surface area contributed by atoms with Crippen LogP contribution >= 0.6 is 0 Å². The molecule has 0 saturated heterocycles. The maximum absolute atomic E-state index is 12.9. The molecule has 0 radical (unpaired) electrons. The zero-order chi connectivity index (χ0) is 19.2. The summed E-state index contributed by atoms with van der Waals surface area (Å²) in [7, 11) is 1.76. The number of amides is 1. The normalized spacial score (nSPS) is 10.5. The van der Waals surface area contributed by atoms with Gasteiger partial charge in [-0.25, -0.2) is 9.97 Å². The van der Waals surface area contributed by atoms with Gasteiger partial charge in [0.1, 0.15) is 17.3 Å². The van der Waals surface area contributed by atoms with Crippen molar-refractivity contribution in [1.29, 1.82) is 0 Å². The Morgan fingerprint density at radius 1 is 0.963 bits per heavy atom. The largest absolute Gasteiger partial charge is 0.352 e. The molecule has 0 N–H and O–H groups in total. The van der Waals surface area contributed by atoms with Crippen molar-refractivity contribution in [3.63, 3.8) is 0 Å². The smallest absolute Gasteiger partial charge is 0.276 e. The SMILES string of the molecule is CCN(Cc1ccccc1)c1cc(C(=O)N(C)c2ccccc2)nc(C)n1. The summed E-state index contributed by atoms with van der Waals surface area (Å²) in [4.78, 5) is 25.6. The quantitative estimate of drug-likeness (QED) is 0.664. The van der Waals surface area contributed by atoms with Crippen LogP contribution in [0.4, 0.5) is 11.5 Å². The third-order valence-electron chi connectivity index (χ3n) is 4.41. The van der Waals surface area contributed by atoms with Crippen LogP contribution in [0.3, 0.4) is 0 Å². The van der Waals surface area contributed by atoms with Gasteiger partial charge in [0.2, 0.25) is 0 Å². The van der Waals surface area contributed by atoms with Gasteiger partial charge in [0.05, 0.1) is 0 Å². The molecule has 3 rings (SSSR count). The lowest BCUT2D eigenvalue weighted by Gasteiger charge is -2.23. The van der Waals surface area contributed by atoms with Gasteiger partial charge in [0.15, 0.2) is 0 Å². The van der Waals surface area contributed by atoms with Crippen molar-refractivity contribution in [2.24, 2.45) is 0 Å². The van der Waals surface area contributed by atoms with E-state index in [9.17, 15) is 4.79 Å². The Balaban J connectivity index is 1.88. The highest BCUT2D eigenvalue weighted by molar-refractivity contribution is 6.04. The average Bonchev–Trinajstić information content (AvgIpc) is 2.71. The molecule has 1 heterocycles. The minimum absolute atomic E-state index is 0.149. The van der Waals surface area contributed by atoms with Crippen molar-refractivity contribution in [1.82, 2.24) is 9.97 Å². The first-order valence-electron chi connectivity index (χ1n) is 9.06. The highest BCUT2D eigenvalue weighted by Gasteiger charge is 2.18. The molecule has 0 spiro atoms. The first-order valence-corrected chi connectivity index (χ1v) is 9.06. The van der Waals surface area contributed by atoms with Gasteiger partial charge >= 0.3 is 0 Å². The van der Waals surface area contributed by atoms with Gasteiger partial charge in [-0.2, -0.15) is 0 Å². The van der Waals surface area contributed by atoms with Gasteiger partial charge in [-0.05, 0) is 31.5 Å². The molecule has 0 aliphatic heterocycles. The summed E-state index contributed by atoms with van der Waals surface area (Å²) in [6, 6.07) is 21.6. The molecule has 2 aromatic carbocycles. The number of benzene rings is 2. The van der Waals surface area contributed by atoms with Crippen LogP contribution in [-0.2, 0) is 6.54 Å². The number of aromatic nitrogens is 2. The van der Waals surface area contributed by atoms with Crippen LogP contribution in [0.5, 0.6) is 0 Å². The molecule has 0 aliphatic rings. The zero-order valence-corrected chi connectivity index (χ0v) is 16.0. The van der Waals surface area contributed by atoms with E-state index in [1.807, 2.05) is 55.5 Å². The lowest BCUT2D eigenvalue weighted by Crippen LogP contribution is -2.29. The van der Waals surface area contributed by atoms with Gasteiger partial charge in [0, 0.05) is 31.9 Å². The summed E-state index contributed by atoms with van der Waals surface area (Å²) in [5.41, 5.74) is 2.43. The predicted molar refractivity (Wildman–Crippen MR) is 109 cm³/mol. The Kier molecular flexibility index (Phi) is 5.81. The number of hydrogen-bond donors (Lipinski definition) is 0. The summed E-state index contributed by atoms with van der Waals surface area (Å²) >= 11 is 0. The Bertz CT molecular complexity index is 897. The van der Waals surface area contributed by atoms with Crippen molar-refractivity contribution in [2.75, 3.05) is 23.4 Å². The van der Waals surface area contributed by atoms with Gasteiger partial charge in [-0.15, -0.1) is 0 Å². The number of anilines is 2. The molecule has 5 nitrogen and oxygen atoms in total. The van der Waals surface area contributed by atoms with E-state index < -0.39 is 0 Å². The number of para-hydroxylation sites is 1. The number of rotatable bonds is 6. The van der Waals surface area contributed by atoms with Gasteiger partial charge in [-0.3, -0.25) is 4.79 Å². The van der Waals surface area contributed by atoms with E-state index >= 15 is 0 Å². The van der Waals surface area contributed by atoms with Crippen molar-refractivity contribution in [3.05, 3.63) is 83.8 Å². The summed E-state index contributed by atoms with van der Waals surface area (Å²) in [6.07, 6.45) is 0. The van der Waals surface area contributed by atoms with Crippen LogP contribution in [0.25, 0.3) is 0 Å². The molecule has 0 atom stereocenters. The zero-order valence-electron chi connectivity index (χ0n) is 16.0. The molecule has 1 aromatic heterocycles. The van der Waals surface area contributed by atoms with Crippen molar-refractivity contribution >= 4 is 17.4 Å². The fraction of sp³-hybridized carbons (Fsp3) is 0.227. The molecular formula is C22H24N4O. The molecule has 138 valence electrons. The van der Waals surface area contributed by atoms with Gasteiger partial charge in [-0.1, -0.05) is 48.5 Å². The van der Waals surface area contributed by atoms with E-state index in [1.165, 1.54) is 5.56 Å². The minimum Gasteiger partial charge on any atom is -0.352 e. The first-order chi connectivity index (χ1) is 13.1. The topological polar surface area (TPSA) is 49.3 Å². The van der Waals surface area contributed by atoms with Crippen LogP contribution in [0.1, 0.15) is 28.8 Å². The molecule has 1 amide bonds. The van der Waals surface area contributed by atoms with E-state index in [0.717, 1.165) is 24.6 Å². The highest BCUT2D eigenvalue weighted by Crippen LogP contribution is 2.19. The molecule has 0 bridgehead atoms. The maximum atomic E-state index is 12.9. The fourth-order valence-electron chi connectivity index (χ4n) is 2.92. The average molecular weight is 360 g/mol. The van der Waals surface area contributed by atoms with Crippen molar-refractivity contribution in [2.45, 2.75) is 20.4 Å². The van der Waals surface area contributed by atoms with Crippen LogP contribution in [0, 0.1) is 6.92 Å². The third kappa shape index (κ3) is 4.50. The molecule has 0 fully saturated rings. The molecule has 0 saturated carbocycles. The van der Waals surface area contributed by atoms with Crippen LogP contribution in [-0.4, -0.2) is 29.5 Å². The Hall–Kier alpha value is -3.21. The minimum atomic E-state index is -0.149. The number of carbonyl (C=O) groups excluding carboxylic acids is 1. The van der Waals surface area contributed by atoms with Crippen LogP contribution in [0.15, 0.2) is 66.7 Å². The van der Waals surface area contributed by atoms with E-state index in [4.69, 9.17) is 0 Å². The number of hydrogen-bond acceptors (Lipinski definition) is 4. The second kappa shape index (κ2) is 8.45. The second-order valence-corrected chi connectivity index (χ2v) is 6.36. The Morgan fingerprint density at radius 3 is 2.22 bits per heavy atom. The third-order valence-corrected chi connectivity index (χ3v) is 4.41. The monoisotopic (exact) mass is 360 g/mol. The summed E-state index contributed by atoms with van der Waals surface area (Å²) in [6.45, 7) is 5.42. The number of nitrogens with zero attached hydrogens (tertiary/aromatic N) is 4. The second-order valence-electron chi connectivity index (χ2n) is 6.36. The van der Waals surface area contributed by atoms with Crippen LogP contribution < -0.4 is 9.80 Å². The van der Waals surface area contributed by atoms with E-state index in [-0.39, 0.29) is 5.91 Å². The summed E-state index contributed by atoms with van der Waals surface area (Å²) in [5.74, 6) is 1.20. The number of carbonyl (C=O) groups is 1. The van der Waals surface area contributed by atoms with Gasteiger partial charge < -0.3 is 9.80 Å². The lowest BCUT2D eigenvalue weighted by atomic mass is 10.2. The van der Waals surface area contributed by atoms with E-state index in [2.05, 4.69) is 33.9 Å². The van der Waals surface area contributed by atoms with Crippen LogP contribution in [0.2, 0.25) is 0 Å². The number of aryl methyl sites for hydroxylation is 1. The molecule has 27 heavy (non-hydrogen) atoms. The molecular weight excluding hydrogens is 336 g/mol. The van der Waals surface area contributed by atoms with Crippen molar-refractivity contribution in [3.8, 4) is 0 Å². The standard InChI is InChI=1S/C22H24N4O/c1-4-26(16-18-11-7-5-8-12-18)21-15-20(23-17(2)24-21)22(27)25(3)19-13-9-6-10-14-19/h5-15H,4,16H2,1-3H3. The molecule has 3 aromatic rings. The maximum Gasteiger partial charge on any atom is 0.276 e. The van der Waals surface area contributed by atoms with Crippen molar-refractivity contribution < 1.29 is 4.79 Å².